The Balaban J connectivity index is 1.27. The maximum atomic E-state index is 2.32. The predicted octanol–water partition coefficient (Wildman–Crippen LogP) is 11.6. The van der Waals surface area contributed by atoms with Gasteiger partial charge in [-0.25, -0.2) is 0 Å². The number of rotatable bonds is 5. The van der Waals surface area contributed by atoms with Crippen molar-refractivity contribution in [3.63, 3.8) is 0 Å². The van der Waals surface area contributed by atoms with Crippen LogP contribution in [-0.4, -0.2) is 0 Å². The third-order valence-corrected chi connectivity index (χ3v) is 9.18. The lowest BCUT2D eigenvalue weighted by Crippen LogP contribution is -2.09. The predicted molar refractivity (Wildman–Crippen MR) is 190 cm³/mol. The highest BCUT2D eigenvalue weighted by atomic mass is 15.1. The highest BCUT2D eigenvalue weighted by molar-refractivity contribution is 6.36. The summed E-state index contributed by atoms with van der Waals surface area (Å²) < 4.78 is 0. The van der Waals surface area contributed by atoms with Crippen molar-refractivity contribution < 1.29 is 0 Å². The Morgan fingerprint density at radius 2 is 0.689 bits per heavy atom. The highest BCUT2D eigenvalue weighted by Crippen LogP contribution is 2.58. The standard InChI is InChI=1S/C44H29N/c1-3-16-32(17-4-1)45(33-18-5-2-6-19-33)34-28-26-31(27-29-34)41-37-21-9-11-23-39(37)44-42(38-22-10-12-24-40(38)43(41)44)36-25-13-15-30-14-7-8-20-35(30)36/h1-29H. The van der Waals surface area contributed by atoms with Crippen LogP contribution in [0, 0.1) is 0 Å². The average Bonchev–Trinajstić information content (AvgIpc) is 3.62. The summed E-state index contributed by atoms with van der Waals surface area (Å²) >= 11 is 0. The third kappa shape index (κ3) is 4.02. The van der Waals surface area contributed by atoms with Crippen molar-refractivity contribution >= 4 is 50.1 Å². The SMILES string of the molecule is c1ccc(N(c2ccccc2)c2ccc(C3=C4C(=C(c5cccc6ccccc56)c5ccccc54)c4ccccc43)cc2)cc1. The summed E-state index contributed by atoms with van der Waals surface area (Å²) in [7, 11) is 0. The van der Waals surface area contributed by atoms with Gasteiger partial charge in [-0.3, -0.25) is 0 Å². The van der Waals surface area contributed by atoms with E-state index < -0.39 is 0 Å². The van der Waals surface area contributed by atoms with Crippen LogP contribution in [0.2, 0.25) is 0 Å². The van der Waals surface area contributed by atoms with Gasteiger partial charge in [-0.1, -0.05) is 140 Å². The smallest absolute Gasteiger partial charge is 0.0462 e. The molecule has 7 aromatic carbocycles. The number of para-hydroxylation sites is 2. The summed E-state index contributed by atoms with van der Waals surface area (Å²) in [5.74, 6) is 0. The number of fused-ring (bicyclic) bond motifs is 6. The zero-order valence-corrected chi connectivity index (χ0v) is 24.7. The van der Waals surface area contributed by atoms with Gasteiger partial charge < -0.3 is 4.90 Å². The van der Waals surface area contributed by atoms with E-state index in [0.717, 1.165) is 17.1 Å². The van der Waals surface area contributed by atoms with E-state index in [1.807, 2.05) is 0 Å². The van der Waals surface area contributed by atoms with Crippen LogP contribution in [0.25, 0.3) is 33.1 Å². The molecule has 1 nitrogen and oxygen atoms in total. The van der Waals surface area contributed by atoms with Gasteiger partial charge in [0.25, 0.3) is 0 Å². The van der Waals surface area contributed by atoms with E-state index in [1.54, 1.807) is 0 Å². The van der Waals surface area contributed by atoms with E-state index in [0.29, 0.717) is 0 Å². The van der Waals surface area contributed by atoms with Gasteiger partial charge >= 0.3 is 0 Å². The molecule has 45 heavy (non-hydrogen) atoms. The van der Waals surface area contributed by atoms with Gasteiger partial charge in [0.2, 0.25) is 0 Å². The molecular weight excluding hydrogens is 542 g/mol. The lowest BCUT2D eigenvalue weighted by molar-refractivity contribution is 1.28. The number of hydrogen-bond donors (Lipinski definition) is 0. The fraction of sp³-hybridized carbons (Fsp3) is 0. The first-order chi connectivity index (χ1) is 22.4. The molecule has 1 heteroatoms. The molecule has 0 saturated heterocycles. The lowest BCUT2D eigenvalue weighted by Gasteiger charge is -2.25. The minimum absolute atomic E-state index is 1.13. The molecular formula is C44H29N. The van der Waals surface area contributed by atoms with Crippen LogP contribution in [-0.2, 0) is 0 Å². The Morgan fingerprint density at radius 1 is 0.267 bits per heavy atom. The van der Waals surface area contributed by atoms with Crippen LogP contribution in [0.3, 0.4) is 0 Å². The van der Waals surface area contributed by atoms with Gasteiger partial charge in [0, 0.05) is 17.1 Å². The molecule has 9 rings (SSSR count). The number of hydrogen-bond acceptors (Lipinski definition) is 1. The van der Waals surface area contributed by atoms with E-state index in [-0.39, 0.29) is 0 Å². The van der Waals surface area contributed by atoms with Crippen LogP contribution in [0.5, 0.6) is 0 Å². The summed E-state index contributed by atoms with van der Waals surface area (Å²) in [6.45, 7) is 0. The molecule has 0 heterocycles. The second-order valence-corrected chi connectivity index (χ2v) is 11.7. The Kier molecular flexibility index (Phi) is 5.89. The molecule has 0 bridgehead atoms. The molecule has 0 spiro atoms. The topological polar surface area (TPSA) is 3.24 Å². The van der Waals surface area contributed by atoms with Crippen molar-refractivity contribution in [1.82, 2.24) is 0 Å². The van der Waals surface area contributed by atoms with Crippen molar-refractivity contribution in [2.24, 2.45) is 0 Å². The molecule has 2 aliphatic carbocycles. The highest BCUT2D eigenvalue weighted by Gasteiger charge is 2.37. The molecule has 0 amide bonds. The van der Waals surface area contributed by atoms with Gasteiger partial charge in [0.05, 0.1) is 0 Å². The van der Waals surface area contributed by atoms with E-state index in [2.05, 4.69) is 181 Å². The molecule has 0 radical (unpaired) electrons. The Bertz CT molecular complexity index is 2250. The molecule has 7 aromatic rings. The molecule has 0 atom stereocenters. The van der Waals surface area contributed by atoms with Crippen molar-refractivity contribution in [3.05, 3.63) is 209 Å². The second-order valence-electron chi connectivity index (χ2n) is 11.7. The maximum Gasteiger partial charge on any atom is 0.0462 e. The number of benzene rings is 7. The summed E-state index contributed by atoms with van der Waals surface area (Å²) in [5.41, 5.74) is 16.5. The van der Waals surface area contributed by atoms with Crippen LogP contribution in [0.4, 0.5) is 17.1 Å². The Morgan fingerprint density at radius 3 is 1.31 bits per heavy atom. The lowest BCUT2D eigenvalue weighted by atomic mass is 9.90. The first-order valence-electron chi connectivity index (χ1n) is 15.5. The molecule has 0 saturated carbocycles. The zero-order chi connectivity index (χ0) is 29.7. The minimum Gasteiger partial charge on any atom is -0.311 e. The monoisotopic (exact) mass is 571 g/mol. The number of nitrogens with zero attached hydrogens (tertiary/aromatic N) is 1. The largest absolute Gasteiger partial charge is 0.311 e. The van der Waals surface area contributed by atoms with E-state index >= 15 is 0 Å². The van der Waals surface area contributed by atoms with Crippen molar-refractivity contribution in [2.75, 3.05) is 4.90 Å². The summed E-state index contributed by atoms with van der Waals surface area (Å²) in [6, 6.07) is 63.7. The van der Waals surface area contributed by atoms with Crippen LogP contribution >= 0.6 is 0 Å². The van der Waals surface area contributed by atoms with E-state index in [1.165, 1.54) is 66.4 Å². The quantitative estimate of drug-likeness (QED) is 0.199. The molecule has 0 aliphatic heterocycles. The van der Waals surface area contributed by atoms with Gasteiger partial charge in [-0.15, -0.1) is 0 Å². The molecule has 0 fully saturated rings. The molecule has 2 aliphatic rings. The molecule has 0 N–H and O–H groups in total. The third-order valence-electron chi connectivity index (χ3n) is 9.18. The number of allylic oxidation sites excluding steroid dienone is 2. The van der Waals surface area contributed by atoms with Crippen molar-refractivity contribution in [2.45, 2.75) is 0 Å². The Hall–Kier alpha value is -5.92. The maximum absolute atomic E-state index is 2.32. The number of anilines is 3. The average molecular weight is 572 g/mol. The Labute approximate surface area is 263 Å². The molecule has 210 valence electrons. The molecule has 0 aromatic heterocycles. The zero-order valence-electron chi connectivity index (χ0n) is 24.7. The van der Waals surface area contributed by atoms with E-state index in [9.17, 15) is 0 Å². The fourth-order valence-corrected chi connectivity index (χ4v) is 7.30. The first kappa shape index (κ1) is 25.6. The normalized spacial score (nSPS) is 13.2. The van der Waals surface area contributed by atoms with E-state index in [4.69, 9.17) is 0 Å². The van der Waals surface area contributed by atoms with Gasteiger partial charge in [-0.05, 0) is 103 Å². The summed E-state index contributed by atoms with van der Waals surface area (Å²) in [5, 5.41) is 2.55. The second kappa shape index (κ2) is 10.4. The van der Waals surface area contributed by atoms with Crippen LogP contribution < -0.4 is 4.90 Å². The minimum atomic E-state index is 1.13. The van der Waals surface area contributed by atoms with Crippen molar-refractivity contribution in [1.29, 1.82) is 0 Å². The summed E-state index contributed by atoms with van der Waals surface area (Å²) in [6.07, 6.45) is 0. The summed E-state index contributed by atoms with van der Waals surface area (Å²) in [4.78, 5) is 2.32. The van der Waals surface area contributed by atoms with Gasteiger partial charge in [-0.2, -0.15) is 0 Å². The van der Waals surface area contributed by atoms with Crippen molar-refractivity contribution in [3.8, 4) is 0 Å². The van der Waals surface area contributed by atoms with Gasteiger partial charge in [0.1, 0.15) is 0 Å². The first-order valence-corrected chi connectivity index (χ1v) is 15.5. The fourth-order valence-electron chi connectivity index (χ4n) is 7.30. The molecule has 0 unspecified atom stereocenters. The van der Waals surface area contributed by atoms with Crippen LogP contribution in [0.1, 0.15) is 33.4 Å². The van der Waals surface area contributed by atoms with Crippen LogP contribution in [0.15, 0.2) is 176 Å². The van der Waals surface area contributed by atoms with Gasteiger partial charge in [0.15, 0.2) is 0 Å².